The standard InChI is InChI=1S/C13H8F12O/c1-2-6(26)4-3-5(10(14,15)16)8(12(20,21)22)9(13(23,24)25)7(4)11(17,18)19/h3,6,26H,2H2,1H3. The molecule has 0 saturated heterocycles. The molecule has 0 spiro atoms. The summed E-state index contributed by atoms with van der Waals surface area (Å²) in [7, 11) is 0. The molecule has 1 atom stereocenters. The van der Waals surface area contributed by atoms with Gasteiger partial charge in [0.1, 0.15) is 0 Å². The molecule has 0 aliphatic carbocycles. The largest absolute Gasteiger partial charge is 0.417 e. The van der Waals surface area contributed by atoms with Crippen molar-refractivity contribution >= 4 is 0 Å². The fourth-order valence-electron chi connectivity index (χ4n) is 2.29. The van der Waals surface area contributed by atoms with Gasteiger partial charge in [0.2, 0.25) is 0 Å². The van der Waals surface area contributed by atoms with Crippen molar-refractivity contribution in [1.29, 1.82) is 0 Å². The number of aliphatic hydroxyl groups is 1. The van der Waals surface area contributed by atoms with E-state index in [4.69, 9.17) is 0 Å². The van der Waals surface area contributed by atoms with Crippen LogP contribution in [0.4, 0.5) is 52.7 Å². The Morgan fingerprint density at radius 3 is 1.35 bits per heavy atom. The summed E-state index contributed by atoms with van der Waals surface area (Å²) >= 11 is 0. The highest BCUT2D eigenvalue weighted by molar-refractivity contribution is 5.52. The van der Waals surface area contributed by atoms with Crippen molar-refractivity contribution in [3.8, 4) is 0 Å². The number of rotatable bonds is 2. The lowest BCUT2D eigenvalue weighted by Gasteiger charge is -2.28. The van der Waals surface area contributed by atoms with E-state index < -0.39 is 71.1 Å². The maximum absolute atomic E-state index is 13.1. The molecule has 0 heterocycles. The Labute approximate surface area is 137 Å². The van der Waals surface area contributed by atoms with Gasteiger partial charge in [0.15, 0.2) is 0 Å². The van der Waals surface area contributed by atoms with Crippen molar-refractivity contribution in [2.75, 3.05) is 0 Å². The Morgan fingerprint density at radius 2 is 1.08 bits per heavy atom. The Morgan fingerprint density at radius 1 is 0.692 bits per heavy atom. The molecule has 1 rings (SSSR count). The first-order valence-corrected chi connectivity index (χ1v) is 6.51. The van der Waals surface area contributed by atoms with E-state index >= 15 is 0 Å². The summed E-state index contributed by atoms with van der Waals surface area (Å²) in [6.07, 6.45) is -28.3. The summed E-state index contributed by atoms with van der Waals surface area (Å²) in [5.41, 5.74) is -14.9. The van der Waals surface area contributed by atoms with E-state index in [-0.39, 0.29) is 0 Å². The molecule has 1 N–H and O–H groups in total. The van der Waals surface area contributed by atoms with E-state index in [2.05, 4.69) is 0 Å². The second-order valence-electron chi connectivity index (χ2n) is 5.05. The molecule has 0 fully saturated rings. The monoisotopic (exact) mass is 408 g/mol. The minimum absolute atomic E-state index is 0.741. The first-order valence-electron chi connectivity index (χ1n) is 6.51. The van der Waals surface area contributed by atoms with E-state index in [1.165, 1.54) is 0 Å². The number of benzene rings is 1. The van der Waals surface area contributed by atoms with Gasteiger partial charge in [-0.1, -0.05) is 6.92 Å². The minimum atomic E-state index is -6.43. The summed E-state index contributed by atoms with van der Waals surface area (Å²) < 4.78 is 156. The van der Waals surface area contributed by atoms with Gasteiger partial charge < -0.3 is 5.11 Å². The van der Waals surface area contributed by atoms with Gasteiger partial charge in [0, 0.05) is 0 Å². The Balaban J connectivity index is 4.33. The van der Waals surface area contributed by atoms with Crippen LogP contribution in [0.5, 0.6) is 0 Å². The Kier molecular flexibility index (Phi) is 5.59. The van der Waals surface area contributed by atoms with Gasteiger partial charge in [-0.2, -0.15) is 52.7 Å². The predicted molar refractivity (Wildman–Crippen MR) is 61.7 cm³/mol. The van der Waals surface area contributed by atoms with Gasteiger partial charge in [-0.25, -0.2) is 0 Å². The molecule has 13 heteroatoms. The fourth-order valence-corrected chi connectivity index (χ4v) is 2.29. The highest BCUT2D eigenvalue weighted by atomic mass is 19.4. The number of aliphatic hydroxyl groups excluding tert-OH is 1. The molecule has 0 amide bonds. The average molecular weight is 408 g/mol. The first kappa shape index (κ1) is 22.4. The predicted octanol–water partition coefficient (Wildman–Crippen LogP) is 6.21. The summed E-state index contributed by atoms with van der Waals surface area (Å²) in [5.74, 6) is 0. The molecule has 1 aromatic rings. The first-order chi connectivity index (χ1) is 11.3. The maximum Gasteiger partial charge on any atom is 0.417 e. The van der Waals surface area contributed by atoms with Crippen molar-refractivity contribution in [2.45, 2.75) is 44.2 Å². The van der Waals surface area contributed by atoms with Gasteiger partial charge >= 0.3 is 24.7 Å². The van der Waals surface area contributed by atoms with Crippen molar-refractivity contribution in [3.05, 3.63) is 33.9 Å². The topological polar surface area (TPSA) is 20.2 Å². The molecular formula is C13H8F12O. The zero-order valence-electron chi connectivity index (χ0n) is 12.3. The molecule has 1 nitrogen and oxygen atoms in total. The van der Waals surface area contributed by atoms with Crippen LogP contribution in [-0.2, 0) is 24.7 Å². The molecule has 26 heavy (non-hydrogen) atoms. The molecular weight excluding hydrogens is 400 g/mol. The fraction of sp³-hybridized carbons (Fsp3) is 0.538. The van der Waals surface area contributed by atoms with Crippen LogP contribution in [0, 0.1) is 0 Å². The molecule has 0 bridgehead atoms. The quantitative estimate of drug-likeness (QED) is 0.578. The van der Waals surface area contributed by atoms with Gasteiger partial charge in [-0.3, -0.25) is 0 Å². The third-order valence-corrected chi connectivity index (χ3v) is 3.26. The van der Waals surface area contributed by atoms with Gasteiger partial charge in [0.05, 0.1) is 28.4 Å². The van der Waals surface area contributed by atoms with Crippen LogP contribution in [0.25, 0.3) is 0 Å². The van der Waals surface area contributed by atoms with E-state index in [0.717, 1.165) is 6.92 Å². The van der Waals surface area contributed by atoms with Crippen LogP contribution in [-0.4, -0.2) is 5.11 Å². The highest BCUT2D eigenvalue weighted by Crippen LogP contribution is 2.53. The van der Waals surface area contributed by atoms with Gasteiger partial charge in [-0.15, -0.1) is 0 Å². The van der Waals surface area contributed by atoms with Crippen molar-refractivity contribution in [2.24, 2.45) is 0 Å². The van der Waals surface area contributed by atoms with Crippen molar-refractivity contribution < 1.29 is 57.8 Å². The van der Waals surface area contributed by atoms with Crippen LogP contribution in [0.1, 0.15) is 47.3 Å². The van der Waals surface area contributed by atoms with E-state index in [0.29, 0.717) is 0 Å². The molecule has 0 aromatic heterocycles. The molecule has 0 saturated carbocycles. The third-order valence-electron chi connectivity index (χ3n) is 3.26. The van der Waals surface area contributed by atoms with Gasteiger partial charge in [0.25, 0.3) is 0 Å². The lowest BCUT2D eigenvalue weighted by atomic mass is 9.87. The SMILES string of the molecule is CCC(O)c1cc(C(F)(F)F)c(C(F)(F)F)c(C(F)(F)F)c1C(F)(F)F. The lowest BCUT2D eigenvalue weighted by molar-refractivity contribution is -0.183. The average Bonchev–Trinajstić information content (AvgIpc) is 2.40. The third kappa shape index (κ3) is 4.35. The summed E-state index contributed by atoms with van der Waals surface area (Å²) in [4.78, 5) is 0. The summed E-state index contributed by atoms with van der Waals surface area (Å²) in [6.45, 7) is 0.920. The second-order valence-corrected chi connectivity index (χ2v) is 5.05. The molecule has 1 aromatic carbocycles. The smallest absolute Gasteiger partial charge is 0.388 e. The van der Waals surface area contributed by atoms with Crippen LogP contribution in [0.2, 0.25) is 0 Å². The molecule has 0 aliphatic rings. The van der Waals surface area contributed by atoms with Crippen LogP contribution in [0.3, 0.4) is 0 Å². The Hall–Kier alpha value is -1.66. The minimum Gasteiger partial charge on any atom is -0.388 e. The van der Waals surface area contributed by atoms with Crippen LogP contribution < -0.4 is 0 Å². The van der Waals surface area contributed by atoms with Crippen LogP contribution in [0.15, 0.2) is 6.07 Å². The number of hydrogen-bond acceptors (Lipinski definition) is 1. The molecule has 0 radical (unpaired) electrons. The number of alkyl halides is 12. The highest BCUT2D eigenvalue weighted by Gasteiger charge is 2.56. The maximum atomic E-state index is 13.1. The van der Waals surface area contributed by atoms with Crippen LogP contribution >= 0.6 is 0 Å². The summed E-state index contributed by atoms with van der Waals surface area (Å²) in [5, 5.41) is 9.43. The van der Waals surface area contributed by atoms with Gasteiger partial charge in [-0.05, 0) is 18.1 Å². The second kappa shape index (κ2) is 6.50. The zero-order valence-corrected chi connectivity index (χ0v) is 12.3. The van der Waals surface area contributed by atoms with E-state index in [1.54, 1.807) is 0 Å². The van der Waals surface area contributed by atoms with Crippen molar-refractivity contribution in [3.63, 3.8) is 0 Å². The molecule has 150 valence electrons. The Bertz CT molecular complexity index is 662. The lowest BCUT2D eigenvalue weighted by Crippen LogP contribution is -2.29. The summed E-state index contributed by atoms with van der Waals surface area (Å²) in [6, 6.07) is -0.741. The zero-order chi connectivity index (χ0) is 20.9. The van der Waals surface area contributed by atoms with E-state index in [1.807, 2.05) is 0 Å². The van der Waals surface area contributed by atoms with E-state index in [9.17, 15) is 57.8 Å². The molecule has 0 aliphatic heterocycles. The number of halogens is 12. The molecule has 1 unspecified atom stereocenters. The van der Waals surface area contributed by atoms with Crippen molar-refractivity contribution in [1.82, 2.24) is 0 Å². The normalized spacial score (nSPS) is 15.3. The number of hydrogen-bond donors (Lipinski definition) is 1.